The first-order valence-corrected chi connectivity index (χ1v) is 10.8. The highest BCUT2D eigenvalue weighted by Gasteiger charge is 2.19. The summed E-state index contributed by atoms with van der Waals surface area (Å²) in [4.78, 5) is 24.1. The highest BCUT2D eigenvalue weighted by molar-refractivity contribution is 6.04. The molecule has 2 aromatic carbocycles. The Hall–Kier alpha value is -3.78. The second-order valence-corrected chi connectivity index (χ2v) is 7.99. The number of anilines is 1. The number of hydrogen-bond acceptors (Lipinski definition) is 6. The lowest BCUT2D eigenvalue weighted by Crippen LogP contribution is -2.20. The highest BCUT2D eigenvalue weighted by Crippen LogP contribution is 2.36. The van der Waals surface area contributed by atoms with Crippen LogP contribution in [0.1, 0.15) is 28.9 Å². The number of nitrogens with one attached hydrogen (secondary N) is 1. The molecule has 1 fully saturated rings. The highest BCUT2D eigenvalue weighted by atomic mass is 19.1. The molecular formula is C25H23FN4O3. The smallest absolute Gasteiger partial charge is 0.302 e. The van der Waals surface area contributed by atoms with E-state index in [0.29, 0.717) is 22.4 Å². The molecule has 0 bridgehead atoms. The molecule has 1 aliphatic rings. The van der Waals surface area contributed by atoms with Crippen LogP contribution < -0.4 is 10.1 Å². The first-order chi connectivity index (χ1) is 16.1. The van der Waals surface area contributed by atoms with Gasteiger partial charge in [0.2, 0.25) is 0 Å². The Bertz CT molecular complexity index is 1300. The summed E-state index contributed by atoms with van der Waals surface area (Å²) in [6.45, 7) is 2.83. The quantitative estimate of drug-likeness (QED) is 0.454. The molecule has 33 heavy (non-hydrogen) atoms. The van der Waals surface area contributed by atoms with Gasteiger partial charge in [0.15, 0.2) is 11.1 Å². The zero-order valence-electron chi connectivity index (χ0n) is 18.2. The number of halogens is 1. The molecule has 1 saturated heterocycles. The summed E-state index contributed by atoms with van der Waals surface area (Å²) >= 11 is 0. The molecule has 0 atom stereocenters. The molecule has 1 amide bonds. The Morgan fingerprint density at radius 3 is 2.70 bits per heavy atom. The van der Waals surface area contributed by atoms with E-state index in [-0.39, 0.29) is 17.7 Å². The van der Waals surface area contributed by atoms with E-state index >= 15 is 0 Å². The number of aromatic nitrogens is 2. The molecule has 0 aliphatic carbocycles. The number of likely N-dealkylation sites (tertiary alicyclic amines) is 1. The molecule has 5 rings (SSSR count). The van der Waals surface area contributed by atoms with Gasteiger partial charge in [0, 0.05) is 23.9 Å². The van der Waals surface area contributed by atoms with Crippen LogP contribution in [0.2, 0.25) is 0 Å². The molecule has 3 heterocycles. The van der Waals surface area contributed by atoms with Crippen molar-refractivity contribution in [3.8, 4) is 16.9 Å². The maximum atomic E-state index is 13.4. The van der Waals surface area contributed by atoms with Crippen LogP contribution in [-0.2, 0) is 6.54 Å². The van der Waals surface area contributed by atoms with Crippen molar-refractivity contribution in [2.75, 3.05) is 25.5 Å². The summed E-state index contributed by atoms with van der Waals surface area (Å²) in [5, 5.41) is 2.73. The van der Waals surface area contributed by atoms with Gasteiger partial charge in [-0.15, -0.1) is 0 Å². The van der Waals surface area contributed by atoms with E-state index in [1.54, 1.807) is 36.5 Å². The lowest BCUT2D eigenvalue weighted by atomic mass is 10.0. The standard InChI is InChI=1S/C25H23FN4O3/c1-32-21-9-8-20(16-4-6-18(26)7-5-16)23-22(21)28-25(33-23)29-24(31)17-10-11-27-19(14-17)15-30-12-2-3-13-30/h4-11,14H,2-3,12-13,15H2,1H3,(H,28,29,31). The number of rotatable bonds is 6. The van der Waals surface area contributed by atoms with Crippen LogP contribution in [0, 0.1) is 5.82 Å². The fourth-order valence-electron chi connectivity index (χ4n) is 4.10. The third-order valence-electron chi connectivity index (χ3n) is 5.77. The van der Waals surface area contributed by atoms with E-state index in [4.69, 9.17) is 9.15 Å². The van der Waals surface area contributed by atoms with Gasteiger partial charge in [-0.3, -0.25) is 20.0 Å². The van der Waals surface area contributed by atoms with Crippen LogP contribution in [0.15, 0.2) is 59.1 Å². The number of amides is 1. The van der Waals surface area contributed by atoms with Gasteiger partial charge in [-0.05, 0) is 67.9 Å². The maximum Gasteiger partial charge on any atom is 0.302 e. The minimum atomic E-state index is -0.339. The molecule has 2 aromatic heterocycles. The first kappa shape index (κ1) is 21.1. The van der Waals surface area contributed by atoms with Gasteiger partial charge >= 0.3 is 6.01 Å². The predicted octanol–water partition coefficient (Wildman–Crippen LogP) is 4.89. The number of hydrogen-bond donors (Lipinski definition) is 1. The summed E-state index contributed by atoms with van der Waals surface area (Å²) in [5.74, 6) is -0.152. The fourth-order valence-corrected chi connectivity index (χ4v) is 4.10. The Labute approximate surface area is 190 Å². The largest absolute Gasteiger partial charge is 0.494 e. The maximum absolute atomic E-state index is 13.4. The van der Waals surface area contributed by atoms with Gasteiger partial charge in [0.05, 0.1) is 12.8 Å². The van der Waals surface area contributed by atoms with Crippen molar-refractivity contribution in [3.63, 3.8) is 0 Å². The zero-order chi connectivity index (χ0) is 22.8. The van der Waals surface area contributed by atoms with Gasteiger partial charge in [-0.2, -0.15) is 4.98 Å². The minimum absolute atomic E-state index is 0.0563. The summed E-state index contributed by atoms with van der Waals surface area (Å²) in [5.41, 5.74) is 3.73. The van der Waals surface area contributed by atoms with Crippen LogP contribution in [0.4, 0.5) is 10.4 Å². The van der Waals surface area contributed by atoms with Gasteiger partial charge in [-0.25, -0.2) is 4.39 Å². The van der Waals surface area contributed by atoms with Crippen LogP contribution in [-0.4, -0.2) is 41.0 Å². The Morgan fingerprint density at radius 1 is 1.15 bits per heavy atom. The van der Waals surface area contributed by atoms with Gasteiger partial charge < -0.3 is 9.15 Å². The Kier molecular flexibility index (Phi) is 5.75. The van der Waals surface area contributed by atoms with E-state index in [2.05, 4.69) is 20.2 Å². The molecule has 0 radical (unpaired) electrons. The van der Waals surface area contributed by atoms with Crippen molar-refractivity contribution >= 4 is 23.0 Å². The minimum Gasteiger partial charge on any atom is -0.494 e. The molecule has 7 nitrogen and oxygen atoms in total. The number of benzene rings is 2. The molecule has 1 aliphatic heterocycles. The molecule has 0 saturated carbocycles. The second kappa shape index (κ2) is 8.99. The number of ether oxygens (including phenoxy) is 1. The monoisotopic (exact) mass is 446 g/mol. The van der Waals surface area contributed by atoms with Crippen molar-refractivity contribution < 1.29 is 18.3 Å². The molecule has 1 N–H and O–H groups in total. The topological polar surface area (TPSA) is 80.5 Å². The van der Waals surface area contributed by atoms with Crippen LogP contribution >= 0.6 is 0 Å². The number of pyridine rings is 1. The first-order valence-electron chi connectivity index (χ1n) is 10.8. The van der Waals surface area contributed by atoms with Crippen LogP contribution in [0.25, 0.3) is 22.2 Å². The number of oxazole rings is 1. The van der Waals surface area contributed by atoms with Crippen LogP contribution in [0.5, 0.6) is 5.75 Å². The summed E-state index contributed by atoms with van der Waals surface area (Å²) in [7, 11) is 1.54. The Balaban J connectivity index is 1.42. The SMILES string of the molecule is COc1ccc(-c2ccc(F)cc2)c2oc(NC(=O)c3ccnc(CN4CCCC4)c3)nc12. The van der Waals surface area contributed by atoms with Crippen molar-refractivity contribution in [1.82, 2.24) is 14.9 Å². The van der Waals surface area contributed by atoms with Crippen molar-refractivity contribution in [2.24, 2.45) is 0 Å². The molecule has 4 aromatic rings. The van der Waals surface area contributed by atoms with Crippen LogP contribution in [0.3, 0.4) is 0 Å². The van der Waals surface area contributed by atoms with Crippen molar-refractivity contribution in [1.29, 1.82) is 0 Å². The van der Waals surface area contributed by atoms with E-state index in [1.807, 2.05) is 6.07 Å². The molecule has 0 spiro atoms. The van der Waals surface area contributed by atoms with Gasteiger partial charge in [0.1, 0.15) is 11.6 Å². The average molecular weight is 446 g/mol. The predicted molar refractivity (Wildman–Crippen MR) is 123 cm³/mol. The third kappa shape index (κ3) is 4.42. The molecule has 168 valence electrons. The normalized spacial score (nSPS) is 14.0. The van der Waals surface area contributed by atoms with Crippen molar-refractivity contribution in [3.05, 3.63) is 71.8 Å². The van der Waals surface area contributed by atoms with E-state index in [0.717, 1.165) is 36.5 Å². The average Bonchev–Trinajstić information content (AvgIpc) is 3.49. The lowest BCUT2D eigenvalue weighted by molar-refractivity contribution is 0.102. The van der Waals surface area contributed by atoms with Gasteiger partial charge in [-0.1, -0.05) is 12.1 Å². The summed E-state index contributed by atoms with van der Waals surface area (Å²) in [6.07, 6.45) is 4.03. The van der Waals surface area contributed by atoms with Gasteiger partial charge in [0.25, 0.3) is 5.91 Å². The number of nitrogens with zero attached hydrogens (tertiary/aromatic N) is 3. The lowest BCUT2D eigenvalue weighted by Gasteiger charge is -2.14. The van der Waals surface area contributed by atoms with E-state index in [1.165, 1.54) is 32.1 Å². The second-order valence-electron chi connectivity index (χ2n) is 7.99. The Morgan fingerprint density at radius 2 is 1.94 bits per heavy atom. The number of carbonyl (C=O) groups excluding carboxylic acids is 1. The van der Waals surface area contributed by atoms with E-state index < -0.39 is 0 Å². The fraction of sp³-hybridized carbons (Fsp3) is 0.240. The number of fused-ring (bicyclic) bond motifs is 1. The molecule has 0 unspecified atom stereocenters. The number of methoxy groups -OCH3 is 1. The van der Waals surface area contributed by atoms with Crippen molar-refractivity contribution in [2.45, 2.75) is 19.4 Å². The zero-order valence-corrected chi connectivity index (χ0v) is 18.2. The molecular weight excluding hydrogens is 423 g/mol. The summed E-state index contributed by atoms with van der Waals surface area (Å²) in [6, 6.07) is 13.2. The van der Waals surface area contributed by atoms with E-state index in [9.17, 15) is 9.18 Å². The summed E-state index contributed by atoms with van der Waals surface area (Å²) < 4.78 is 24.7. The number of carbonyl (C=O) groups is 1. The third-order valence-corrected chi connectivity index (χ3v) is 5.77. The molecule has 8 heteroatoms.